The Morgan fingerprint density at radius 1 is 1.22 bits per heavy atom. The minimum Gasteiger partial charge on any atom is -0.380 e. The van der Waals surface area contributed by atoms with Crippen LogP contribution in [-0.2, 0) is 4.74 Å². The SMILES string of the molecule is COC1CCCN(C2(CN)CCC(C)(C)CC2)C1. The number of hydrogen-bond acceptors (Lipinski definition) is 3. The van der Waals surface area contributed by atoms with Gasteiger partial charge in [-0.25, -0.2) is 0 Å². The van der Waals surface area contributed by atoms with Gasteiger partial charge in [-0.15, -0.1) is 0 Å². The zero-order valence-corrected chi connectivity index (χ0v) is 12.4. The maximum Gasteiger partial charge on any atom is 0.0698 e. The highest BCUT2D eigenvalue weighted by Gasteiger charge is 2.42. The largest absolute Gasteiger partial charge is 0.380 e. The van der Waals surface area contributed by atoms with Crippen molar-refractivity contribution < 1.29 is 4.74 Å². The van der Waals surface area contributed by atoms with Crippen molar-refractivity contribution >= 4 is 0 Å². The van der Waals surface area contributed by atoms with Gasteiger partial charge in [0.2, 0.25) is 0 Å². The zero-order valence-electron chi connectivity index (χ0n) is 12.4. The first-order valence-corrected chi connectivity index (χ1v) is 7.49. The van der Waals surface area contributed by atoms with Crippen molar-refractivity contribution in [1.82, 2.24) is 4.90 Å². The molecule has 1 atom stereocenters. The fourth-order valence-electron chi connectivity index (χ4n) is 3.60. The zero-order chi connectivity index (χ0) is 13.2. The van der Waals surface area contributed by atoms with E-state index in [1.165, 1.54) is 45.1 Å². The Morgan fingerprint density at radius 2 is 1.89 bits per heavy atom. The van der Waals surface area contributed by atoms with Gasteiger partial charge in [0, 0.05) is 25.7 Å². The Morgan fingerprint density at radius 3 is 2.44 bits per heavy atom. The van der Waals surface area contributed by atoms with Gasteiger partial charge >= 0.3 is 0 Å². The van der Waals surface area contributed by atoms with Crippen molar-refractivity contribution in [3.05, 3.63) is 0 Å². The molecule has 106 valence electrons. The van der Waals surface area contributed by atoms with E-state index in [1.54, 1.807) is 0 Å². The standard InChI is InChI=1S/C15H30N2O/c1-14(2)6-8-15(12-16,9-7-14)17-10-4-5-13(11-17)18-3/h13H,4-12,16H2,1-3H3. The number of hydrogen-bond donors (Lipinski definition) is 1. The third-order valence-electron chi connectivity index (χ3n) is 5.30. The Bertz CT molecular complexity index is 268. The third-order valence-corrected chi connectivity index (χ3v) is 5.30. The predicted octanol–water partition coefficient (Wildman–Crippen LogP) is 2.39. The number of piperidine rings is 1. The molecule has 2 fully saturated rings. The van der Waals surface area contributed by atoms with E-state index >= 15 is 0 Å². The van der Waals surface area contributed by atoms with E-state index in [2.05, 4.69) is 18.7 Å². The number of nitrogens with two attached hydrogens (primary N) is 1. The molecule has 0 bridgehead atoms. The fraction of sp³-hybridized carbons (Fsp3) is 1.00. The van der Waals surface area contributed by atoms with E-state index in [9.17, 15) is 0 Å². The van der Waals surface area contributed by atoms with E-state index in [-0.39, 0.29) is 5.54 Å². The number of ether oxygens (including phenoxy) is 1. The van der Waals surface area contributed by atoms with E-state index in [0.29, 0.717) is 11.5 Å². The van der Waals surface area contributed by atoms with Crippen LogP contribution in [0.15, 0.2) is 0 Å². The molecule has 1 heterocycles. The molecule has 18 heavy (non-hydrogen) atoms. The highest BCUT2D eigenvalue weighted by atomic mass is 16.5. The second kappa shape index (κ2) is 5.48. The van der Waals surface area contributed by atoms with Crippen molar-refractivity contribution in [2.75, 3.05) is 26.7 Å². The fourth-order valence-corrected chi connectivity index (χ4v) is 3.60. The number of methoxy groups -OCH3 is 1. The summed E-state index contributed by atoms with van der Waals surface area (Å²) >= 11 is 0. The second-order valence-electron chi connectivity index (χ2n) is 7.04. The Hall–Kier alpha value is -0.120. The van der Waals surface area contributed by atoms with Gasteiger partial charge in [0.15, 0.2) is 0 Å². The van der Waals surface area contributed by atoms with Crippen LogP contribution in [0.5, 0.6) is 0 Å². The van der Waals surface area contributed by atoms with Crippen LogP contribution in [0.3, 0.4) is 0 Å². The lowest BCUT2D eigenvalue weighted by atomic mass is 9.68. The first kappa shape index (κ1) is 14.3. The van der Waals surface area contributed by atoms with Crippen LogP contribution < -0.4 is 5.73 Å². The van der Waals surface area contributed by atoms with Gasteiger partial charge in [0.25, 0.3) is 0 Å². The van der Waals surface area contributed by atoms with Crippen molar-refractivity contribution in [2.45, 2.75) is 64.0 Å². The predicted molar refractivity (Wildman–Crippen MR) is 75.6 cm³/mol. The molecule has 1 saturated carbocycles. The van der Waals surface area contributed by atoms with Crippen LogP contribution in [0.1, 0.15) is 52.4 Å². The molecule has 1 aliphatic carbocycles. The van der Waals surface area contributed by atoms with Gasteiger partial charge in [-0.2, -0.15) is 0 Å². The molecule has 0 aromatic carbocycles. The first-order chi connectivity index (χ1) is 8.51. The monoisotopic (exact) mass is 254 g/mol. The van der Waals surface area contributed by atoms with Crippen LogP contribution in [0.2, 0.25) is 0 Å². The molecule has 0 aromatic heterocycles. The molecule has 3 nitrogen and oxygen atoms in total. The molecule has 1 aliphatic heterocycles. The minimum atomic E-state index is 0.257. The Balaban J connectivity index is 2.03. The smallest absolute Gasteiger partial charge is 0.0698 e. The highest BCUT2D eigenvalue weighted by Crippen LogP contribution is 2.43. The first-order valence-electron chi connectivity index (χ1n) is 7.49. The summed E-state index contributed by atoms with van der Waals surface area (Å²) in [5.74, 6) is 0. The molecular weight excluding hydrogens is 224 g/mol. The van der Waals surface area contributed by atoms with Crippen LogP contribution in [-0.4, -0.2) is 43.3 Å². The molecule has 0 amide bonds. The van der Waals surface area contributed by atoms with Crippen molar-refractivity contribution in [2.24, 2.45) is 11.1 Å². The number of likely N-dealkylation sites (tertiary alicyclic amines) is 1. The van der Waals surface area contributed by atoms with Crippen molar-refractivity contribution in [3.63, 3.8) is 0 Å². The molecule has 2 N–H and O–H groups in total. The molecule has 0 radical (unpaired) electrons. The van der Waals surface area contributed by atoms with Crippen LogP contribution >= 0.6 is 0 Å². The molecule has 3 heteroatoms. The van der Waals surface area contributed by atoms with Crippen molar-refractivity contribution in [3.8, 4) is 0 Å². The summed E-state index contributed by atoms with van der Waals surface area (Å²) in [5.41, 5.74) is 6.93. The second-order valence-corrected chi connectivity index (χ2v) is 7.04. The van der Waals surface area contributed by atoms with E-state index in [4.69, 9.17) is 10.5 Å². The third kappa shape index (κ3) is 2.89. The average molecular weight is 254 g/mol. The lowest BCUT2D eigenvalue weighted by molar-refractivity contribution is -0.0424. The molecule has 1 saturated heterocycles. The van der Waals surface area contributed by atoms with Crippen LogP contribution in [0, 0.1) is 5.41 Å². The average Bonchev–Trinajstić information content (AvgIpc) is 2.39. The Labute approximate surface area is 112 Å². The normalized spacial score (nSPS) is 32.3. The lowest BCUT2D eigenvalue weighted by Gasteiger charge is -2.52. The minimum absolute atomic E-state index is 0.257. The van der Waals surface area contributed by atoms with E-state index < -0.39 is 0 Å². The summed E-state index contributed by atoms with van der Waals surface area (Å²) in [6.07, 6.45) is 8.00. The summed E-state index contributed by atoms with van der Waals surface area (Å²) in [7, 11) is 1.84. The summed E-state index contributed by atoms with van der Waals surface area (Å²) < 4.78 is 5.56. The van der Waals surface area contributed by atoms with E-state index in [1.807, 2.05) is 7.11 Å². The van der Waals surface area contributed by atoms with Gasteiger partial charge in [0.05, 0.1) is 6.10 Å². The van der Waals surface area contributed by atoms with Gasteiger partial charge in [0.1, 0.15) is 0 Å². The molecule has 1 unspecified atom stereocenters. The van der Waals surface area contributed by atoms with Gasteiger partial charge in [-0.3, -0.25) is 4.90 Å². The van der Waals surface area contributed by atoms with Crippen LogP contribution in [0.25, 0.3) is 0 Å². The number of rotatable bonds is 3. The van der Waals surface area contributed by atoms with Gasteiger partial charge in [-0.1, -0.05) is 13.8 Å². The lowest BCUT2D eigenvalue weighted by Crippen LogP contribution is -2.60. The molecule has 0 spiro atoms. The Kier molecular flexibility index (Phi) is 4.35. The maximum absolute atomic E-state index is 6.16. The van der Waals surface area contributed by atoms with Gasteiger partial charge in [-0.05, 0) is 50.5 Å². The topological polar surface area (TPSA) is 38.5 Å². The molecule has 2 aliphatic rings. The molecular formula is C15H30N2O. The summed E-state index contributed by atoms with van der Waals surface area (Å²) in [4.78, 5) is 2.64. The van der Waals surface area contributed by atoms with E-state index in [0.717, 1.165) is 13.1 Å². The highest BCUT2D eigenvalue weighted by molar-refractivity contribution is 4.99. The summed E-state index contributed by atoms with van der Waals surface area (Å²) in [6, 6.07) is 0. The van der Waals surface area contributed by atoms with Crippen molar-refractivity contribution in [1.29, 1.82) is 0 Å². The van der Waals surface area contributed by atoms with Gasteiger partial charge < -0.3 is 10.5 Å². The molecule has 0 aromatic rings. The number of nitrogens with zero attached hydrogens (tertiary/aromatic N) is 1. The quantitative estimate of drug-likeness (QED) is 0.840. The summed E-state index contributed by atoms with van der Waals surface area (Å²) in [6.45, 7) is 7.87. The van der Waals surface area contributed by atoms with Crippen LogP contribution in [0.4, 0.5) is 0 Å². The molecule has 2 rings (SSSR count). The maximum atomic E-state index is 6.16. The summed E-state index contributed by atoms with van der Waals surface area (Å²) in [5, 5.41) is 0.